The average molecular weight is 378 g/mol. The number of hydrogen-bond acceptors (Lipinski definition) is 4. The maximum absolute atomic E-state index is 13.4. The van der Waals surface area contributed by atoms with Gasteiger partial charge in [0.1, 0.15) is 5.58 Å². The fourth-order valence-corrected chi connectivity index (χ4v) is 4.56. The number of aliphatic imine (C=N–C) groups is 1. The third kappa shape index (κ3) is 3.28. The monoisotopic (exact) mass is 378 g/mol. The summed E-state index contributed by atoms with van der Waals surface area (Å²) >= 11 is 1.63. The van der Waals surface area contributed by atoms with Crippen molar-refractivity contribution in [1.29, 1.82) is 0 Å². The molecule has 0 unspecified atom stereocenters. The number of rotatable bonds is 3. The zero-order chi connectivity index (χ0) is 19.0. The number of carbonyl (C=O) groups is 1. The van der Waals surface area contributed by atoms with Gasteiger partial charge in [-0.1, -0.05) is 60.3 Å². The fraction of sp³-hybridized carbons (Fsp3) is 0.273. The highest BCUT2D eigenvalue weighted by Crippen LogP contribution is 2.36. The minimum absolute atomic E-state index is 0.120. The second-order valence-electron chi connectivity index (χ2n) is 7.38. The number of fused-ring (bicyclic) bond motifs is 1. The van der Waals surface area contributed by atoms with Gasteiger partial charge >= 0.3 is 0 Å². The molecule has 0 aliphatic carbocycles. The lowest BCUT2D eigenvalue weighted by Gasteiger charge is -2.29. The maximum Gasteiger partial charge on any atom is 0.296 e. The van der Waals surface area contributed by atoms with Crippen LogP contribution in [0.1, 0.15) is 35.5 Å². The van der Waals surface area contributed by atoms with Crippen molar-refractivity contribution in [3.05, 3.63) is 71.5 Å². The number of carbonyl (C=O) groups excluding carboxylic acids is 1. The smallest absolute Gasteiger partial charge is 0.296 e. The summed E-state index contributed by atoms with van der Waals surface area (Å²) in [4.78, 5) is 20.0. The molecular formula is C22H22N2O2S. The average Bonchev–Trinajstić information content (AvgIpc) is 3.17. The Hall–Kier alpha value is -2.53. The van der Waals surface area contributed by atoms with Crippen LogP contribution in [0.2, 0.25) is 0 Å². The van der Waals surface area contributed by atoms with Gasteiger partial charge in [0.2, 0.25) is 0 Å². The Labute approximate surface area is 163 Å². The van der Waals surface area contributed by atoms with Crippen LogP contribution in [-0.2, 0) is 6.54 Å². The third-order valence-electron chi connectivity index (χ3n) is 4.83. The zero-order valence-electron chi connectivity index (χ0n) is 15.7. The zero-order valence-corrected chi connectivity index (χ0v) is 16.5. The van der Waals surface area contributed by atoms with E-state index in [2.05, 4.69) is 13.8 Å². The Morgan fingerprint density at radius 3 is 2.59 bits per heavy atom. The number of aryl methyl sites for hydroxylation is 1. The molecule has 4 nitrogen and oxygen atoms in total. The minimum atomic E-state index is -0.317. The fourth-order valence-electron chi connectivity index (χ4n) is 3.33. The molecule has 1 aliphatic rings. The van der Waals surface area contributed by atoms with Gasteiger partial charge in [-0.15, -0.1) is 0 Å². The summed E-state index contributed by atoms with van der Waals surface area (Å²) in [6.45, 7) is 6.64. The molecule has 0 atom stereocenters. The van der Waals surface area contributed by atoms with E-state index >= 15 is 0 Å². The van der Waals surface area contributed by atoms with E-state index in [0.29, 0.717) is 12.3 Å². The van der Waals surface area contributed by atoms with E-state index in [1.807, 2.05) is 61.5 Å². The van der Waals surface area contributed by atoms with Gasteiger partial charge in [0.15, 0.2) is 10.9 Å². The van der Waals surface area contributed by atoms with Crippen LogP contribution in [0.15, 0.2) is 64.0 Å². The molecule has 1 aromatic heterocycles. The van der Waals surface area contributed by atoms with E-state index in [0.717, 1.165) is 33.0 Å². The number of benzene rings is 2. The van der Waals surface area contributed by atoms with Crippen molar-refractivity contribution in [3.63, 3.8) is 0 Å². The summed E-state index contributed by atoms with van der Waals surface area (Å²) in [5.74, 6) is 1.09. The van der Waals surface area contributed by atoms with Crippen LogP contribution in [0.4, 0.5) is 0 Å². The van der Waals surface area contributed by atoms with Gasteiger partial charge in [-0.3, -0.25) is 14.7 Å². The molecule has 0 spiro atoms. The lowest BCUT2D eigenvalue weighted by Crippen LogP contribution is -2.46. The predicted octanol–water partition coefficient (Wildman–Crippen LogP) is 5.27. The summed E-state index contributed by atoms with van der Waals surface area (Å²) in [6.07, 6.45) is 0. The first-order valence-corrected chi connectivity index (χ1v) is 10.00. The summed E-state index contributed by atoms with van der Waals surface area (Å²) < 4.78 is 5.92. The van der Waals surface area contributed by atoms with Gasteiger partial charge in [-0.2, -0.15) is 0 Å². The minimum Gasteiger partial charge on any atom is -0.451 e. The van der Waals surface area contributed by atoms with Gasteiger partial charge in [0, 0.05) is 16.7 Å². The first-order chi connectivity index (χ1) is 13.0. The van der Waals surface area contributed by atoms with E-state index in [-0.39, 0.29) is 11.4 Å². The van der Waals surface area contributed by atoms with Crippen molar-refractivity contribution >= 4 is 33.8 Å². The Morgan fingerprint density at radius 1 is 1.15 bits per heavy atom. The highest BCUT2D eigenvalue weighted by Gasteiger charge is 2.43. The molecule has 138 valence electrons. The first kappa shape index (κ1) is 17.9. The van der Waals surface area contributed by atoms with Crippen LogP contribution in [-0.4, -0.2) is 27.3 Å². The molecule has 27 heavy (non-hydrogen) atoms. The number of hydrogen-bond donors (Lipinski definition) is 0. The van der Waals surface area contributed by atoms with Crippen molar-refractivity contribution in [2.75, 3.05) is 5.75 Å². The summed E-state index contributed by atoms with van der Waals surface area (Å²) in [5, 5.41) is 1.74. The maximum atomic E-state index is 13.4. The molecule has 5 heteroatoms. The summed E-state index contributed by atoms with van der Waals surface area (Å²) in [6, 6.07) is 17.8. The Bertz CT molecular complexity index is 1020. The highest BCUT2D eigenvalue weighted by atomic mass is 32.2. The van der Waals surface area contributed by atoms with E-state index < -0.39 is 0 Å². The molecule has 4 rings (SSSR count). The quantitative estimate of drug-likeness (QED) is 0.624. The molecule has 1 fully saturated rings. The molecule has 2 heterocycles. The molecule has 1 amide bonds. The molecule has 0 bridgehead atoms. The Morgan fingerprint density at radius 2 is 1.85 bits per heavy atom. The number of amidine groups is 1. The molecule has 3 aromatic rings. The van der Waals surface area contributed by atoms with Gasteiger partial charge < -0.3 is 4.42 Å². The molecule has 0 saturated carbocycles. The van der Waals surface area contributed by atoms with Gasteiger partial charge in [-0.25, -0.2) is 0 Å². The van der Waals surface area contributed by atoms with Crippen LogP contribution in [0, 0.1) is 6.92 Å². The number of furan rings is 1. The SMILES string of the molecule is Cc1c(C(=O)N2C(=NCc3ccccc3)SCC2(C)C)oc2ccccc12. The first-order valence-electron chi connectivity index (χ1n) is 9.01. The van der Waals surface area contributed by atoms with E-state index in [1.54, 1.807) is 16.7 Å². The van der Waals surface area contributed by atoms with Gasteiger partial charge in [-0.05, 0) is 32.4 Å². The molecule has 0 radical (unpaired) electrons. The van der Waals surface area contributed by atoms with Crippen molar-refractivity contribution in [1.82, 2.24) is 4.90 Å². The third-order valence-corrected chi connectivity index (χ3v) is 6.25. The van der Waals surface area contributed by atoms with Crippen LogP contribution >= 0.6 is 11.8 Å². The summed E-state index contributed by atoms with van der Waals surface area (Å²) in [5.41, 5.74) is 2.43. The van der Waals surface area contributed by atoms with Crippen LogP contribution in [0.25, 0.3) is 11.0 Å². The Balaban J connectivity index is 1.69. The second kappa shape index (κ2) is 6.89. The largest absolute Gasteiger partial charge is 0.451 e. The van der Waals surface area contributed by atoms with Gasteiger partial charge in [0.05, 0.1) is 12.1 Å². The van der Waals surface area contributed by atoms with Crippen molar-refractivity contribution < 1.29 is 9.21 Å². The summed E-state index contributed by atoms with van der Waals surface area (Å²) in [7, 11) is 0. The Kier molecular flexibility index (Phi) is 4.56. The second-order valence-corrected chi connectivity index (χ2v) is 8.32. The standard InChI is InChI=1S/C22H22N2O2S/c1-15-17-11-7-8-12-18(17)26-19(15)20(25)24-21(27-14-22(24,2)3)23-13-16-9-5-4-6-10-16/h4-12H,13-14H2,1-3H3. The number of nitrogens with zero attached hydrogens (tertiary/aromatic N) is 2. The number of amides is 1. The van der Waals surface area contributed by atoms with E-state index in [9.17, 15) is 4.79 Å². The van der Waals surface area contributed by atoms with Crippen LogP contribution < -0.4 is 0 Å². The lowest BCUT2D eigenvalue weighted by atomic mass is 10.1. The van der Waals surface area contributed by atoms with Crippen molar-refractivity contribution in [2.45, 2.75) is 32.9 Å². The van der Waals surface area contributed by atoms with Crippen molar-refractivity contribution in [3.8, 4) is 0 Å². The number of para-hydroxylation sites is 1. The van der Waals surface area contributed by atoms with Gasteiger partial charge in [0.25, 0.3) is 5.91 Å². The van der Waals surface area contributed by atoms with E-state index in [1.165, 1.54) is 0 Å². The highest BCUT2D eigenvalue weighted by molar-refractivity contribution is 8.14. The van der Waals surface area contributed by atoms with E-state index in [4.69, 9.17) is 9.41 Å². The molecule has 1 aliphatic heterocycles. The normalized spacial score (nSPS) is 17.7. The number of thioether (sulfide) groups is 1. The van der Waals surface area contributed by atoms with Crippen LogP contribution in [0.3, 0.4) is 0 Å². The molecule has 2 aromatic carbocycles. The lowest BCUT2D eigenvalue weighted by molar-refractivity contribution is 0.0736. The topological polar surface area (TPSA) is 45.8 Å². The molecule has 0 N–H and O–H groups in total. The van der Waals surface area contributed by atoms with Crippen molar-refractivity contribution in [2.24, 2.45) is 4.99 Å². The predicted molar refractivity (Wildman–Crippen MR) is 111 cm³/mol. The molecule has 1 saturated heterocycles. The van der Waals surface area contributed by atoms with Crippen LogP contribution in [0.5, 0.6) is 0 Å². The molecular weight excluding hydrogens is 356 g/mol.